The lowest BCUT2D eigenvalue weighted by atomic mass is 10.2. The van der Waals surface area contributed by atoms with Crippen molar-refractivity contribution in [3.63, 3.8) is 0 Å². The van der Waals surface area contributed by atoms with Gasteiger partial charge in [-0.1, -0.05) is 66.7 Å². The van der Waals surface area contributed by atoms with Crippen LogP contribution in [0.15, 0.2) is 83.6 Å². The van der Waals surface area contributed by atoms with Gasteiger partial charge in [0.05, 0.1) is 26.3 Å². The Morgan fingerprint density at radius 2 is 1.65 bits per heavy atom. The summed E-state index contributed by atoms with van der Waals surface area (Å²) in [6.07, 6.45) is 1.58. The Kier molecular flexibility index (Phi) is 10.0. The smallest absolute Gasteiger partial charge is 0.238 e. The third kappa shape index (κ3) is 8.62. The van der Waals surface area contributed by atoms with Gasteiger partial charge in [-0.15, -0.1) is 11.3 Å². The van der Waals surface area contributed by atoms with E-state index in [2.05, 4.69) is 4.90 Å². The molecule has 1 fully saturated rings. The summed E-state index contributed by atoms with van der Waals surface area (Å²) in [5.74, 6) is -0.226. The summed E-state index contributed by atoms with van der Waals surface area (Å²) in [7, 11) is -3.83. The largest absolute Gasteiger partial charge is 0.379 e. The fourth-order valence-corrected chi connectivity index (χ4v) is 5.91. The van der Waals surface area contributed by atoms with Crippen molar-refractivity contribution in [1.82, 2.24) is 14.1 Å². The summed E-state index contributed by atoms with van der Waals surface area (Å²) >= 11 is 1.58. The van der Waals surface area contributed by atoms with Crippen LogP contribution >= 0.6 is 11.3 Å². The highest BCUT2D eigenvalue weighted by Gasteiger charge is 2.26. The Labute approximate surface area is 223 Å². The zero-order chi connectivity index (χ0) is 25.9. The molecule has 1 saturated heterocycles. The predicted molar refractivity (Wildman–Crippen MR) is 148 cm³/mol. The molecule has 2 heterocycles. The fraction of sp³-hybridized carbons (Fsp3) is 0.321. The minimum atomic E-state index is -3.83. The van der Waals surface area contributed by atoms with Gasteiger partial charge in [-0.2, -0.15) is 4.31 Å². The van der Waals surface area contributed by atoms with Crippen molar-refractivity contribution in [2.24, 2.45) is 0 Å². The van der Waals surface area contributed by atoms with Gasteiger partial charge in [-0.25, -0.2) is 8.42 Å². The standard InChI is InChI=1S/C28H33N3O4S2/c32-28(30(23-27-12-7-20-36-27)22-26-10-5-2-6-11-26)24-31(15-14-29-16-18-35-19-17-29)37(33,34)21-13-25-8-3-1-4-9-25/h1-13,20-21H,14-19,22-24H2. The first-order valence-electron chi connectivity index (χ1n) is 12.4. The first kappa shape index (κ1) is 27.2. The molecular weight excluding hydrogens is 506 g/mol. The van der Waals surface area contributed by atoms with Crippen LogP contribution in [0.25, 0.3) is 6.08 Å². The molecule has 0 bridgehead atoms. The van der Waals surface area contributed by atoms with E-state index in [1.807, 2.05) is 78.2 Å². The Bertz CT molecular complexity index is 1230. The summed E-state index contributed by atoms with van der Waals surface area (Å²) in [5.41, 5.74) is 1.79. The minimum Gasteiger partial charge on any atom is -0.379 e. The fourth-order valence-electron chi connectivity index (χ4n) is 4.07. The second kappa shape index (κ2) is 13.6. The number of sulfonamides is 1. The zero-order valence-electron chi connectivity index (χ0n) is 20.8. The number of carbonyl (C=O) groups is 1. The van der Waals surface area contributed by atoms with Gasteiger partial charge in [0.1, 0.15) is 0 Å². The van der Waals surface area contributed by atoms with Crippen molar-refractivity contribution in [2.45, 2.75) is 13.1 Å². The van der Waals surface area contributed by atoms with Gasteiger partial charge in [-0.05, 0) is 28.6 Å². The Balaban J connectivity index is 1.53. The van der Waals surface area contributed by atoms with Crippen molar-refractivity contribution >= 4 is 33.3 Å². The van der Waals surface area contributed by atoms with E-state index in [-0.39, 0.29) is 19.0 Å². The minimum absolute atomic E-state index is 0.218. The summed E-state index contributed by atoms with van der Waals surface area (Å²) in [6.45, 7) is 4.16. The number of hydrogen-bond acceptors (Lipinski definition) is 6. The maximum Gasteiger partial charge on any atom is 0.238 e. The van der Waals surface area contributed by atoms with E-state index >= 15 is 0 Å². The molecule has 3 aromatic rings. The average molecular weight is 540 g/mol. The lowest BCUT2D eigenvalue weighted by Crippen LogP contribution is -2.46. The number of nitrogens with zero attached hydrogens (tertiary/aromatic N) is 3. The number of ether oxygens (including phenoxy) is 1. The quantitative estimate of drug-likeness (QED) is 0.349. The number of rotatable bonds is 12. The molecule has 1 aromatic heterocycles. The molecule has 0 spiro atoms. The lowest BCUT2D eigenvalue weighted by Gasteiger charge is -2.30. The van der Waals surface area contributed by atoms with Crippen LogP contribution < -0.4 is 0 Å². The summed E-state index contributed by atoms with van der Waals surface area (Å²) < 4.78 is 33.6. The molecular formula is C28H33N3O4S2. The normalized spacial score (nSPS) is 14.8. The molecule has 196 valence electrons. The highest BCUT2D eigenvalue weighted by atomic mass is 32.2. The molecule has 1 amide bonds. The molecule has 0 radical (unpaired) electrons. The number of carbonyl (C=O) groups excluding carboxylic acids is 1. The first-order chi connectivity index (χ1) is 18.0. The van der Waals surface area contributed by atoms with Crippen molar-refractivity contribution in [3.05, 3.63) is 99.6 Å². The van der Waals surface area contributed by atoms with Crippen molar-refractivity contribution in [1.29, 1.82) is 0 Å². The van der Waals surface area contributed by atoms with Crippen LogP contribution in [-0.2, 0) is 32.6 Å². The van der Waals surface area contributed by atoms with Crippen LogP contribution in [0.3, 0.4) is 0 Å². The summed E-state index contributed by atoms with van der Waals surface area (Å²) in [6, 6.07) is 23.0. The van der Waals surface area contributed by atoms with Gasteiger partial charge < -0.3 is 9.64 Å². The zero-order valence-corrected chi connectivity index (χ0v) is 22.4. The molecule has 2 aromatic carbocycles. The van der Waals surface area contributed by atoms with Gasteiger partial charge in [0, 0.05) is 43.0 Å². The first-order valence-corrected chi connectivity index (χ1v) is 14.8. The third-order valence-electron chi connectivity index (χ3n) is 6.17. The van der Waals surface area contributed by atoms with E-state index in [4.69, 9.17) is 4.74 Å². The molecule has 0 N–H and O–H groups in total. The number of amides is 1. The SMILES string of the molecule is O=C(CN(CCN1CCOCC1)S(=O)(=O)C=Cc1ccccc1)N(Cc1ccccc1)Cc1cccs1. The Morgan fingerprint density at radius 3 is 2.32 bits per heavy atom. The van der Waals surface area contributed by atoms with Gasteiger partial charge >= 0.3 is 0 Å². The molecule has 7 nitrogen and oxygen atoms in total. The predicted octanol–water partition coefficient (Wildman–Crippen LogP) is 3.91. The molecule has 9 heteroatoms. The van der Waals surface area contributed by atoms with Crippen molar-refractivity contribution < 1.29 is 17.9 Å². The molecule has 0 atom stereocenters. The summed E-state index contributed by atoms with van der Waals surface area (Å²) in [4.78, 5) is 18.6. The van der Waals surface area contributed by atoms with Gasteiger partial charge in [0.25, 0.3) is 0 Å². The summed E-state index contributed by atoms with van der Waals surface area (Å²) in [5, 5.41) is 3.18. The molecule has 1 aliphatic heterocycles. The number of hydrogen-bond donors (Lipinski definition) is 0. The van der Waals surface area contributed by atoms with Crippen LogP contribution in [-0.4, -0.2) is 74.4 Å². The molecule has 1 aliphatic rings. The van der Waals surface area contributed by atoms with Crippen LogP contribution in [0.1, 0.15) is 16.0 Å². The van der Waals surface area contributed by atoms with E-state index in [9.17, 15) is 13.2 Å². The second-order valence-corrected chi connectivity index (χ2v) is 11.7. The molecule has 0 aliphatic carbocycles. The Hall–Kier alpha value is -2.82. The van der Waals surface area contributed by atoms with E-state index in [0.29, 0.717) is 32.8 Å². The van der Waals surface area contributed by atoms with Crippen LogP contribution in [0.4, 0.5) is 0 Å². The topological polar surface area (TPSA) is 70.2 Å². The van der Waals surface area contributed by atoms with Crippen LogP contribution in [0.2, 0.25) is 0 Å². The maximum absolute atomic E-state index is 13.6. The highest BCUT2D eigenvalue weighted by Crippen LogP contribution is 2.17. The number of thiophene rings is 1. The molecule has 37 heavy (non-hydrogen) atoms. The molecule has 0 unspecified atom stereocenters. The molecule has 4 rings (SSSR count). The Morgan fingerprint density at radius 1 is 0.946 bits per heavy atom. The maximum atomic E-state index is 13.6. The third-order valence-corrected chi connectivity index (χ3v) is 8.54. The van der Waals surface area contributed by atoms with Gasteiger partial charge in [0.2, 0.25) is 15.9 Å². The van der Waals surface area contributed by atoms with E-state index in [1.54, 1.807) is 22.3 Å². The molecule has 0 saturated carbocycles. The van der Waals surface area contributed by atoms with Gasteiger partial charge in [0.15, 0.2) is 0 Å². The van der Waals surface area contributed by atoms with Gasteiger partial charge in [-0.3, -0.25) is 9.69 Å². The van der Waals surface area contributed by atoms with Crippen LogP contribution in [0, 0.1) is 0 Å². The van der Waals surface area contributed by atoms with Crippen LogP contribution in [0.5, 0.6) is 0 Å². The van der Waals surface area contributed by atoms with E-state index in [1.165, 1.54) is 9.71 Å². The van der Waals surface area contributed by atoms with Crippen molar-refractivity contribution in [3.8, 4) is 0 Å². The van der Waals surface area contributed by atoms with E-state index in [0.717, 1.165) is 29.1 Å². The van der Waals surface area contributed by atoms with E-state index < -0.39 is 10.0 Å². The average Bonchev–Trinajstić information content (AvgIpc) is 3.44. The second-order valence-electron chi connectivity index (χ2n) is 8.86. The van der Waals surface area contributed by atoms with Crippen molar-refractivity contribution in [2.75, 3.05) is 45.9 Å². The lowest BCUT2D eigenvalue weighted by molar-refractivity contribution is -0.132. The number of morpholine rings is 1. The number of benzene rings is 2. The highest BCUT2D eigenvalue weighted by molar-refractivity contribution is 7.92. The monoisotopic (exact) mass is 539 g/mol.